The van der Waals surface area contributed by atoms with Crippen LogP contribution >= 0.6 is 0 Å². The van der Waals surface area contributed by atoms with Crippen LogP contribution in [0.2, 0.25) is 0 Å². The van der Waals surface area contributed by atoms with Gasteiger partial charge in [0.25, 0.3) is 0 Å². The number of nitrogens with one attached hydrogen (secondary N) is 1. The Morgan fingerprint density at radius 2 is 1.77 bits per heavy atom. The minimum atomic E-state index is -0.317. The van der Waals surface area contributed by atoms with Gasteiger partial charge in [-0.2, -0.15) is 0 Å². The number of para-hydroxylation sites is 1. The Kier molecular flexibility index (Phi) is 8.56. The average Bonchev–Trinajstić information content (AvgIpc) is 3.27. The highest BCUT2D eigenvalue weighted by Gasteiger charge is 2.59. The molecule has 1 aromatic carbocycles. The van der Waals surface area contributed by atoms with Crippen molar-refractivity contribution in [2.24, 2.45) is 52.3 Å². The van der Waals surface area contributed by atoms with Gasteiger partial charge >= 0.3 is 6.09 Å². The second kappa shape index (κ2) is 11.6. The predicted molar refractivity (Wildman–Crippen MR) is 163 cm³/mol. The number of carbonyl (C=O) groups is 1. The van der Waals surface area contributed by atoms with Crippen LogP contribution in [0.1, 0.15) is 112 Å². The molecule has 3 nitrogen and oxygen atoms in total. The first-order valence-corrected chi connectivity index (χ1v) is 16.4. The van der Waals surface area contributed by atoms with Gasteiger partial charge in [0.05, 0.1) is 0 Å². The van der Waals surface area contributed by atoms with Crippen LogP contribution in [0, 0.1) is 52.3 Å². The number of anilines is 1. The van der Waals surface area contributed by atoms with E-state index in [4.69, 9.17) is 4.74 Å². The number of amides is 1. The highest BCUT2D eigenvalue weighted by atomic mass is 16.6. The Morgan fingerprint density at radius 3 is 2.49 bits per heavy atom. The highest BCUT2D eigenvalue weighted by molar-refractivity contribution is 5.84. The van der Waals surface area contributed by atoms with E-state index < -0.39 is 0 Å². The first kappa shape index (κ1) is 28.7. The molecule has 0 spiro atoms. The summed E-state index contributed by atoms with van der Waals surface area (Å²) in [6, 6.07) is 9.63. The van der Waals surface area contributed by atoms with Crippen molar-refractivity contribution in [2.75, 3.05) is 5.32 Å². The van der Waals surface area contributed by atoms with Gasteiger partial charge in [-0.3, -0.25) is 5.32 Å². The van der Waals surface area contributed by atoms with Gasteiger partial charge in [-0.1, -0.05) is 84.2 Å². The molecule has 3 saturated carbocycles. The summed E-state index contributed by atoms with van der Waals surface area (Å²) >= 11 is 0. The molecule has 9 atom stereocenters. The second-order valence-corrected chi connectivity index (χ2v) is 14.7. The fourth-order valence-corrected chi connectivity index (χ4v) is 10.2. The first-order chi connectivity index (χ1) is 18.7. The zero-order chi connectivity index (χ0) is 27.8. The summed E-state index contributed by atoms with van der Waals surface area (Å²) in [6.45, 7) is 15.1. The Hall–Kier alpha value is -1.77. The molecule has 0 bridgehead atoms. The van der Waals surface area contributed by atoms with Crippen LogP contribution in [0.3, 0.4) is 0 Å². The third-order valence-corrected chi connectivity index (χ3v) is 12.6. The van der Waals surface area contributed by atoms with E-state index in [1.54, 1.807) is 5.57 Å². The van der Waals surface area contributed by atoms with Crippen molar-refractivity contribution in [1.29, 1.82) is 0 Å². The van der Waals surface area contributed by atoms with Crippen molar-refractivity contribution in [1.82, 2.24) is 0 Å². The zero-order valence-corrected chi connectivity index (χ0v) is 25.7. The molecule has 0 aromatic heterocycles. The Bertz CT molecular complexity index is 1020. The lowest BCUT2D eigenvalue weighted by Gasteiger charge is -2.58. The van der Waals surface area contributed by atoms with Gasteiger partial charge in [-0.25, -0.2) is 4.79 Å². The molecule has 0 aliphatic heterocycles. The van der Waals surface area contributed by atoms with E-state index in [0.717, 1.165) is 66.4 Å². The molecule has 216 valence electrons. The summed E-state index contributed by atoms with van der Waals surface area (Å²) in [5.41, 5.74) is 3.19. The van der Waals surface area contributed by atoms with E-state index in [1.807, 2.05) is 30.3 Å². The van der Waals surface area contributed by atoms with E-state index in [-0.39, 0.29) is 17.6 Å². The van der Waals surface area contributed by atoms with Crippen molar-refractivity contribution < 1.29 is 9.53 Å². The van der Waals surface area contributed by atoms with E-state index in [9.17, 15) is 4.79 Å². The Balaban J connectivity index is 1.22. The van der Waals surface area contributed by atoms with Crippen molar-refractivity contribution in [3.05, 3.63) is 42.0 Å². The Morgan fingerprint density at radius 1 is 1.00 bits per heavy atom. The van der Waals surface area contributed by atoms with Crippen LogP contribution in [0.15, 0.2) is 42.0 Å². The zero-order valence-electron chi connectivity index (χ0n) is 25.7. The molecule has 3 heteroatoms. The molecule has 5 rings (SSSR count). The SMILES string of the molecule is CCC(CCC(C)C1CCC2C3CC=C4CC(OC(=O)Nc5ccccc5)CCC4(C)C3CCC12C)C(C)C. The first-order valence-electron chi connectivity index (χ1n) is 16.4. The third kappa shape index (κ3) is 5.58. The van der Waals surface area contributed by atoms with Crippen LogP contribution in [0.5, 0.6) is 0 Å². The monoisotopic (exact) mass is 533 g/mol. The maximum atomic E-state index is 12.6. The number of fused-ring (bicyclic) bond motifs is 5. The maximum Gasteiger partial charge on any atom is 0.411 e. The molecule has 0 heterocycles. The molecule has 1 aromatic rings. The van der Waals surface area contributed by atoms with Crippen molar-refractivity contribution in [2.45, 2.75) is 118 Å². The summed E-state index contributed by atoms with van der Waals surface area (Å²) in [5, 5.41) is 2.90. The lowest BCUT2D eigenvalue weighted by atomic mass is 9.47. The van der Waals surface area contributed by atoms with E-state index in [1.165, 1.54) is 51.4 Å². The molecule has 0 saturated heterocycles. The van der Waals surface area contributed by atoms with E-state index in [2.05, 4.69) is 52.9 Å². The maximum absolute atomic E-state index is 12.6. The van der Waals surface area contributed by atoms with Gasteiger partial charge in [-0.05, 0) is 116 Å². The fraction of sp³-hybridized carbons (Fsp3) is 0.750. The van der Waals surface area contributed by atoms with Gasteiger partial charge in [-0.15, -0.1) is 0 Å². The van der Waals surface area contributed by atoms with Crippen LogP contribution in [-0.2, 0) is 4.74 Å². The van der Waals surface area contributed by atoms with Crippen molar-refractivity contribution in [3.8, 4) is 0 Å². The van der Waals surface area contributed by atoms with Crippen LogP contribution < -0.4 is 5.32 Å². The number of ether oxygens (including phenoxy) is 1. The normalized spacial score (nSPS) is 37.2. The van der Waals surface area contributed by atoms with Crippen LogP contribution in [0.25, 0.3) is 0 Å². The summed E-state index contributed by atoms with van der Waals surface area (Å²) in [7, 11) is 0. The standard InChI is InChI=1S/C36H55NO2/c1-7-26(24(2)3)14-13-25(4)31-17-18-32-30-16-15-27-23-29(39-34(38)37-28-11-9-8-10-12-28)19-21-35(27,5)33(30)20-22-36(31,32)6/h8-12,15,24-26,29-33H,7,13-14,16-23H2,1-6H3,(H,37,38). The van der Waals surface area contributed by atoms with E-state index >= 15 is 0 Å². The summed E-state index contributed by atoms with van der Waals surface area (Å²) in [4.78, 5) is 12.6. The lowest BCUT2D eigenvalue weighted by molar-refractivity contribution is -0.0579. The van der Waals surface area contributed by atoms with Gasteiger partial charge < -0.3 is 4.74 Å². The number of benzene rings is 1. The van der Waals surface area contributed by atoms with Crippen LogP contribution in [0.4, 0.5) is 10.5 Å². The van der Waals surface area contributed by atoms with Gasteiger partial charge in [0.2, 0.25) is 0 Å². The number of carbonyl (C=O) groups excluding carboxylic acids is 1. The molecule has 39 heavy (non-hydrogen) atoms. The molecule has 9 unspecified atom stereocenters. The molecule has 4 aliphatic rings. The predicted octanol–water partition coefficient (Wildman–Crippen LogP) is 10.3. The molecular weight excluding hydrogens is 478 g/mol. The summed E-state index contributed by atoms with van der Waals surface area (Å²) in [5.74, 6) is 5.98. The number of hydrogen-bond acceptors (Lipinski definition) is 2. The van der Waals surface area contributed by atoms with Crippen molar-refractivity contribution in [3.63, 3.8) is 0 Å². The molecular formula is C36H55NO2. The van der Waals surface area contributed by atoms with Crippen molar-refractivity contribution >= 4 is 11.8 Å². The third-order valence-electron chi connectivity index (χ3n) is 12.6. The topological polar surface area (TPSA) is 38.3 Å². The number of rotatable bonds is 8. The number of allylic oxidation sites excluding steroid dienone is 1. The number of hydrogen-bond donors (Lipinski definition) is 1. The van der Waals surface area contributed by atoms with E-state index in [0.29, 0.717) is 5.41 Å². The summed E-state index contributed by atoms with van der Waals surface area (Å²) < 4.78 is 5.92. The van der Waals surface area contributed by atoms with Gasteiger partial charge in [0.1, 0.15) is 6.10 Å². The second-order valence-electron chi connectivity index (χ2n) is 14.7. The minimum absolute atomic E-state index is 0.00654. The largest absolute Gasteiger partial charge is 0.446 e. The molecule has 3 fully saturated rings. The average molecular weight is 534 g/mol. The minimum Gasteiger partial charge on any atom is -0.446 e. The molecule has 4 aliphatic carbocycles. The highest BCUT2D eigenvalue weighted by Crippen LogP contribution is 2.67. The lowest BCUT2D eigenvalue weighted by Crippen LogP contribution is -2.51. The van der Waals surface area contributed by atoms with Gasteiger partial charge in [0, 0.05) is 12.1 Å². The summed E-state index contributed by atoms with van der Waals surface area (Å²) in [6.07, 6.45) is 16.4. The van der Waals surface area contributed by atoms with Gasteiger partial charge in [0.15, 0.2) is 0 Å². The molecule has 0 radical (unpaired) electrons. The Labute approximate surface area is 238 Å². The smallest absolute Gasteiger partial charge is 0.411 e. The van der Waals surface area contributed by atoms with Crippen LogP contribution in [-0.4, -0.2) is 12.2 Å². The molecule has 1 N–H and O–H groups in total. The molecule has 1 amide bonds. The fourth-order valence-electron chi connectivity index (χ4n) is 10.2. The quantitative estimate of drug-likeness (QED) is 0.338.